The predicted octanol–water partition coefficient (Wildman–Crippen LogP) is 3.05. The van der Waals surface area contributed by atoms with Gasteiger partial charge in [0.1, 0.15) is 10.6 Å². The van der Waals surface area contributed by atoms with Gasteiger partial charge >= 0.3 is 0 Å². The number of amides is 1. The summed E-state index contributed by atoms with van der Waals surface area (Å²) in [5.41, 5.74) is 1.64. The smallest absolute Gasteiger partial charge is 0.247 e. The number of carbonyl (C=O) groups is 1. The maximum absolute atomic E-state index is 12.7. The van der Waals surface area contributed by atoms with Gasteiger partial charge < -0.3 is 9.64 Å². The molecular weight excluding hydrogens is 376 g/mol. The van der Waals surface area contributed by atoms with Crippen molar-refractivity contribution in [2.75, 3.05) is 14.2 Å². The summed E-state index contributed by atoms with van der Waals surface area (Å²) in [6.07, 6.45) is 3.07. The minimum absolute atomic E-state index is 0.0217. The van der Waals surface area contributed by atoms with Crippen LogP contribution in [0.4, 0.5) is 0 Å². The van der Waals surface area contributed by atoms with E-state index < -0.39 is 10.0 Å². The molecule has 7 heteroatoms. The molecule has 0 spiro atoms. The average Bonchev–Trinajstić information content (AvgIpc) is 2.70. The SMILES string of the molecule is CNS(=O)(=O)c1cc(/C=C/C(=O)N(Cc2ccccc2)C(C)C)ccc1OC. The Hall–Kier alpha value is -2.64. The summed E-state index contributed by atoms with van der Waals surface area (Å²) < 4.78 is 31.8. The molecule has 1 amide bonds. The maximum Gasteiger partial charge on any atom is 0.247 e. The topological polar surface area (TPSA) is 75.7 Å². The Labute approximate surface area is 166 Å². The molecule has 0 saturated heterocycles. The summed E-state index contributed by atoms with van der Waals surface area (Å²) in [6.45, 7) is 4.42. The summed E-state index contributed by atoms with van der Waals surface area (Å²) in [4.78, 5) is 14.5. The Morgan fingerprint density at radius 3 is 2.43 bits per heavy atom. The Kier molecular flexibility index (Phi) is 7.37. The lowest BCUT2D eigenvalue weighted by Gasteiger charge is -2.25. The second-order valence-electron chi connectivity index (χ2n) is 6.50. The number of nitrogens with zero attached hydrogens (tertiary/aromatic N) is 1. The van der Waals surface area contributed by atoms with Gasteiger partial charge in [-0.3, -0.25) is 4.79 Å². The van der Waals surface area contributed by atoms with Crippen molar-refractivity contribution < 1.29 is 17.9 Å². The third-order valence-corrected chi connectivity index (χ3v) is 5.70. The highest BCUT2D eigenvalue weighted by Gasteiger charge is 2.18. The largest absolute Gasteiger partial charge is 0.495 e. The Morgan fingerprint density at radius 2 is 1.86 bits per heavy atom. The molecule has 2 aromatic rings. The first-order chi connectivity index (χ1) is 13.3. The van der Waals surface area contributed by atoms with E-state index in [9.17, 15) is 13.2 Å². The zero-order chi connectivity index (χ0) is 20.7. The molecule has 0 unspecified atom stereocenters. The molecule has 0 atom stereocenters. The highest BCUT2D eigenvalue weighted by Crippen LogP contribution is 2.25. The highest BCUT2D eigenvalue weighted by atomic mass is 32.2. The minimum Gasteiger partial charge on any atom is -0.495 e. The summed E-state index contributed by atoms with van der Waals surface area (Å²) in [5.74, 6) is 0.0957. The highest BCUT2D eigenvalue weighted by molar-refractivity contribution is 7.89. The molecule has 0 aliphatic heterocycles. The van der Waals surface area contributed by atoms with Crippen LogP contribution in [0.25, 0.3) is 6.08 Å². The number of methoxy groups -OCH3 is 1. The van der Waals surface area contributed by atoms with Gasteiger partial charge in [-0.15, -0.1) is 0 Å². The second kappa shape index (κ2) is 9.52. The van der Waals surface area contributed by atoms with Crippen LogP contribution in [0.5, 0.6) is 5.75 Å². The van der Waals surface area contributed by atoms with Gasteiger partial charge in [-0.05, 0) is 50.2 Å². The lowest BCUT2D eigenvalue weighted by Crippen LogP contribution is -2.35. The van der Waals surface area contributed by atoms with Crippen LogP contribution < -0.4 is 9.46 Å². The van der Waals surface area contributed by atoms with Gasteiger partial charge in [0.25, 0.3) is 0 Å². The summed E-state index contributed by atoms with van der Waals surface area (Å²) in [7, 11) is -0.929. The fourth-order valence-corrected chi connectivity index (χ4v) is 3.60. The van der Waals surface area contributed by atoms with E-state index in [2.05, 4.69) is 4.72 Å². The van der Waals surface area contributed by atoms with E-state index in [1.807, 2.05) is 44.2 Å². The van der Waals surface area contributed by atoms with Gasteiger partial charge in [0.15, 0.2) is 0 Å². The van der Waals surface area contributed by atoms with Crippen LogP contribution in [-0.4, -0.2) is 39.4 Å². The van der Waals surface area contributed by atoms with Crippen LogP contribution in [0.2, 0.25) is 0 Å². The van der Waals surface area contributed by atoms with E-state index in [0.717, 1.165) is 5.56 Å². The first-order valence-electron chi connectivity index (χ1n) is 8.92. The van der Waals surface area contributed by atoms with Crippen molar-refractivity contribution in [3.63, 3.8) is 0 Å². The van der Waals surface area contributed by atoms with E-state index in [1.165, 1.54) is 26.3 Å². The van der Waals surface area contributed by atoms with Gasteiger partial charge in [0.2, 0.25) is 15.9 Å². The van der Waals surface area contributed by atoms with E-state index in [1.54, 1.807) is 23.1 Å². The second-order valence-corrected chi connectivity index (χ2v) is 8.35. The van der Waals surface area contributed by atoms with E-state index >= 15 is 0 Å². The van der Waals surface area contributed by atoms with Crippen molar-refractivity contribution in [2.45, 2.75) is 31.3 Å². The molecule has 6 nitrogen and oxygen atoms in total. The number of sulfonamides is 1. The molecule has 2 aromatic carbocycles. The Balaban J connectivity index is 2.25. The molecule has 0 fully saturated rings. The number of rotatable bonds is 8. The fraction of sp³-hybridized carbons (Fsp3) is 0.286. The number of ether oxygens (including phenoxy) is 1. The van der Waals surface area contributed by atoms with Crippen LogP contribution in [0.3, 0.4) is 0 Å². The number of nitrogens with one attached hydrogen (secondary N) is 1. The first-order valence-corrected chi connectivity index (χ1v) is 10.4. The molecule has 0 aromatic heterocycles. The summed E-state index contributed by atoms with van der Waals surface area (Å²) >= 11 is 0. The molecule has 0 aliphatic carbocycles. The summed E-state index contributed by atoms with van der Waals surface area (Å²) in [5, 5.41) is 0. The lowest BCUT2D eigenvalue weighted by atomic mass is 10.1. The van der Waals surface area contributed by atoms with Gasteiger partial charge in [0.05, 0.1) is 7.11 Å². The van der Waals surface area contributed by atoms with Crippen molar-refractivity contribution >= 4 is 22.0 Å². The van der Waals surface area contributed by atoms with Crippen molar-refractivity contribution in [3.8, 4) is 5.75 Å². The van der Waals surface area contributed by atoms with Crippen molar-refractivity contribution in [2.24, 2.45) is 0 Å². The van der Waals surface area contributed by atoms with Gasteiger partial charge in [-0.2, -0.15) is 0 Å². The number of hydrogen-bond donors (Lipinski definition) is 1. The maximum atomic E-state index is 12.7. The van der Waals surface area contributed by atoms with Crippen molar-refractivity contribution in [1.29, 1.82) is 0 Å². The van der Waals surface area contributed by atoms with Crippen molar-refractivity contribution in [1.82, 2.24) is 9.62 Å². The molecule has 150 valence electrons. The normalized spacial score (nSPS) is 11.8. The number of carbonyl (C=O) groups excluding carboxylic acids is 1. The molecule has 1 N–H and O–H groups in total. The van der Waals surface area contributed by atoms with Crippen LogP contribution in [0.15, 0.2) is 59.5 Å². The van der Waals surface area contributed by atoms with Crippen LogP contribution in [-0.2, 0) is 21.4 Å². The average molecular weight is 403 g/mol. The monoisotopic (exact) mass is 402 g/mol. The van der Waals surface area contributed by atoms with E-state index in [0.29, 0.717) is 12.1 Å². The van der Waals surface area contributed by atoms with Crippen LogP contribution in [0, 0.1) is 0 Å². The van der Waals surface area contributed by atoms with Gasteiger partial charge in [0, 0.05) is 18.7 Å². The quantitative estimate of drug-likeness (QED) is 0.689. The fourth-order valence-electron chi connectivity index (χ4n) is 2.68. The van der Waals surface area contributed by atoms with Gasteiger partial charge in [-0.25, -0.2) is 13.1 Å². The molecule has 28 heavy (non-hydrogen) atoms. The Bertz CT molecular complexity index is 938. The molecule has 2 rings (SSSR count). The summed E-state index contributed by atoms with van der Waals surface area (Å²) in [6, 6.07) is 14.5. The van der Waals surface area contributed by atoms with Crippen LogP contribution >= 0.6 is 0 Å². The zero-order valence-corrected chi connectivity index (χ0v) is 17.4. The van der Waals surface area contributed by atoms with Gasteiger partial charge in [-0.1, -0.05) is 36.4 Å². The number of benzene rings is 2. The molecular formula is C21H26N2O4S. The van der Waals surface area contributed by atoms with Crippen LogP contribution in [0.1, 0.15) is 25.0 Å². The number of hydrogen-bond acceptors (Lipinski definition) is 4. The third-order valence-electron chi connectivity index (χ3n) is 4.27. The standard InChI is InChI=1S/C21H26N2O4S/c1-16(2)23(15-18-8-6-5-7-9-18)21(24)13-11-17-10-12-19(27-4)20(14-17)28(25,26)22-3/h5-14,16,22H,15H2,1-4H3/b13-11+. The lowest BCUT2D eigenvalue weighted by molar-refractivity contribution is -0.128. The third kappa shape index (κ3) is 5.43. The molecule has 0 saturated carbocycles. The van der Waals surface area contributed by atoms with E-state index in [4.69, 9.17) is 4.74 Å². The predicted molar refractivity (Wildman–Crippen MR) is 110 cm³/mol. The zero-order valence-electron chi connectivity index (χ0n) is 16.5. The first kappa shape index (κ1) is 21.7. The minimum atomic E-state index is -3.68. The molecule has 0 heterocycles. The van der Waals surface area contributed by atoms with Crippen molar-refractivity contribution in [3.05, 3.63) is 65.7 Å². The Morgan fingerprint density at radius 1 is 1.18 bits per heavy atom. The molecule has 0 radical (unpaired) electrons. The van der Waals surface area contributed by atoms with E-state index in [-0.39, 0.29) is 22.6 Å². The molecule has 0 aliphatic rings. The molecule has 0 bridgehead atoms.